The minimum absolute atomic E-state index is 0.652. The molecule has 3 heteroatoms. The first-order chi connectivity index (χ1) is 6.24. The molecule has 3 nitrogen and oxygen atoms in total. The van der Waals surface area contributed by atoms with Gasteiger partial charge in [-0.15, -0.1) is 0 Å². The molecule has 0 spiro atoms. The molecule has 1 N–H and O–H groups in total. The Hall–Kier alpha value is -0.120. The molecule has 1 aliphatic rings. The Balaban J connectivity index is 2.18. The van der Waals surface area contributed by atoms with Gasteiger partial charge in [0, 0.05) is 19.2 Å². The summed E-state index contributed by atoms with van der Waals surface area (Å²) in [6.45, 7) is 6.40. The second-order valence-electron chi connectivity index (χ2n) is 4.12. The van der Waals surface area contributed by atoms with Crippen molar-refractivity contribution in [2.75, 3.05) is 40.4 Å². The molecule has 1 heterocycles. The molecule has 0 amide bonds. The molecule has 1 saturated heterocycles. The van der Waals surface area contributed by atoms with E-state index in [0.29, 0.717) is 6.04 Å². The van der Waals surface area contributed by atoms with E-state index >= 15 is 0 Å². The SMILES string of the molecule is CNCC(C)CN(C)C1CCOC1. The normalized spacial score (nSPS) is 25.4. The molecule has 0 radical (unpaired) electrons. The van der Waals surface area contributed by atoms with Gasteiger partial charge in [-0.1, -0.05) is 6.92 Å². The first kappa shape index (κ1) is 11.0. The number of likely N-dealkylation sites (N-methyl/N-ethyl adjacent to an activating group) is 1. The molecular formula is C10H22N2O. The van der Waals surface area contributed by atoms with Gasteiger partial charge in [0.15, 0.2) is 0 Å². The second kappa shape index (κ2) is 5.58. The number of nitrogens with one attached hydrogen (secondary N) is 1. The Morgan fingerprint density at radius 3 is 2.92 bits per heavy atom. The van der Waals surface area contributed by atoms with Gasteiger partial charge in [-0.05, 0) is 33.0 Å². The van der Waals surface area contributed by atoms with E-state index in [9.17, 15) is 0 Å². The van der Waals surface area contributed by atoms with Crippen LogP contribution in [0.2, 0.25) is 0 Å². The van der Waals surface area contributed by atoms with Crippen molar-refractivity contribution in [2.24, 2.45) is 5.92 Å². The predicted molar refractivity (Wildman–Crippen MR) is 54.9 cm³/mol. The molecule has 0 bridgehead atoms. The van der Waals surface area contributed by atoms with Gasteiger partial charge >= 0.3 is 0 Å². The fourth-order valence-electron chi connectivity index (χ4n) is 1.92. The Labute approximate surface area is 81.4 Å². The topological polar surface area (TPSA) is 24.5 Å². The summed E-state index contributed by atoms with van der Waals surface area (Å²) in [5.74, 6) is 0.718. The summed E-state index contributed by atoms with van der Waals surface area (Å²) in [5, 5.41) is 3.21. The zero-order valence-electron chi connectivity index (χ0n) is 9.05. The number of nitrogens with zero attached hydrogens (tertiary/aromatic N) is 1. The Bertz CT molecular complexity index is 135. The van der Waals surface area contributed by atoms with Crippen LogP contribution in [0.1, 0.15) is 13.3 Å². The predicted octanol–water partition coefficient (Wildman–Crippen LogP) is 0.563. The van der Waals surface area contributed by atoms with E-state index < -0.39 is 0 Å². The van der Waals surface area contributed by atoms with Crippen molar-refractivity contribution >= 4 is 0 Å². The highest BCUT2D eigenvalue weighted by Crippen LogP contribution is 2.11. The smallest absolute Gasteiger partial charge is 0.0622 e. The highest BCUT2D eigenvalue weighted by atomic mass is 16.5. The van der Waals surface area contributed by atoms with Crippen LogP contribution in [0.3, 0.4) is 0 Å². The van der Waals surface area contributed by atoms with Gasteiger partial charge in [0.05, 0.1) is 6.61 Å². The minimum atomic E-state index is 0.652. The molecule has 2 atom stereocenters. The second-order valence-corrected chi connectivity index (χ2v) is 4.12. The molecule has 0 aromatic rings. The van der Waals surface area contributed by atoms with E-state index in [1.807, 2.05) is 7.05 Å². The molecule has 0 aromatic heterocycles. The highest BCUT2D eigenvalue weighted by Gasteiger charge is 2.20. The van der Waals surface area contributed by atoms with Crippen LogP contribution in [-0.4, -0.2) is 51.3 Å². The number of hydrogen-bond donors (Lipinski definition) is 1. The lowest BCUT2D eigenvalue weighted by molar-refractivity contribution is 0.151. The Morgan fingerprint density at radius 1 is 1.62 bits per heavy atom. The first-order valence-corrected chi connectivity index (χ1v) is 5.16. The Morgan fingerprint density at radius 2 is 2.38 bits per heavy atom. The summed E-state index contributed by atoms with van der Waals surface area (Å²) in [7, 11) is 4.21. The fraction of sp³-hybridized carbons (Fsp3) is 1.00. The molecule has 0 aliphatic carbocycles. The van der Waals surface area contributed by atoms with Crippen LogP contribution in [0.5, 0.6) is 0 Å². The lowest BCUT2D eigenvalue weighted by Gasteiger charge is -2.25. The number of rotatable bonds is 5. The molecule has 1 aliphatic heterocycles. The molecule has 78 valence electrons. The van der Waals surface area contributed by atoms with Gasteiger partial charge in [0.1, 0.15) is 0 Å². The minimum Gasteiger partial charge on any atom is -0.380 e. The van der Waals surface area contributed by atoms with Crippen LogP contribution >= 0.6 is 0 Å². The quantitative estimate of drug-likeness (QED) is 0.679. The van der Waals surface area contributed by atoms with Crippen molar-refractivity contribution in [1.29, 1.82) is 0 Å². The highest BCUT2D eigenvalue weighted by molar-refractivity contribution is 4.74. The van der Waals surface area contributed by atoms with E-state index in [2.05, 4.69) is 24.2 Å². The van der Waals surface area contributed by atoms with Crippen molar-refractivity contribution in [3.63, 3.8) is 0 Å². The maximum absolute atomic E-state index is 5.36. The van der Waals surface area contributed by atoms with Crippen molar-refractivity contribution in [2.45, 2.75) is 19.4 Å². The average molecular weight is 186 g/mol. The third kappa shape index (κ3) is 3.63. The van der Waals surface area contributed by atoms with Crippen LogP contribution in [0.15, 0.2) is 0 Å². The van der Waals surface area contributed by atoms with Gasteiger partial charge in [0.2, 0.25) is 0 Å². The standard InChI is InChI=1S/C10H22N2O/c1-9(6-11-2)7-12(3)10-4-5-13-8-10/h9-11H,4-8H2,1-3H3. The summed E-state index contributed by atoms with van der Waals surface area (Å²) in [6.07, 6.45) is 1.20. The lowest BCUT2D eigenvalue weighted by Crippen LogP contribution is -2.37. The van der Waals surface area contributed by atoms with Crippen molar-refractivity contribution in [1.82, 2.24) is 10.2 Å². The van der Waals surface area contributed by atoms with Crippen molar-refractivity contribution in [3.05, 3.63) is 0 Å². The zero-order valence-corrected chi connectivity index (χ0v) is 9.05. The van der Waals surface area contributed by atoms with E-state index in [4.69, 9.17) is 4.74 Å². The van der Waals surface area contributed by atoms with Gasteiger partial charge in [-0.3, -0.25) is 0 Å². The third-order valence-corrected chi connectivity index (χ3v) is 2.68. The molecule has 13 heavy (non-hydrogen) atoms. The summed E-state index contributed by atoms with van der Waals surface area (Å²) in [6, 6.07) is 0.652. The van der Waals surface area contributed by atoms with E-state index in [1.165, 1.54) is 6.42 Å². The third-order valence-electron chi connectivity index (χ3n) is 2.68. The molecule has 0 aromatic carbocycles. The zero-order chi connectivity index (χ0) is 9.68. The number of ether oxygens (including phenoxy) is 1. The van der Waals surface area contributed by atoms with E-state index in [1.54, 1.807) is 0 Å². The van der Waals surface area contributed by atoms with Gasteiger partial charge in [0.25, 0.3) is 0 Å². The molecule has 1 fully saturated rings. The monoisotopic (exact) mass is 186 g/mol. The largest absolute Gasteiger partial charge is 0.380 e. The van der Waals surface area contributed by atoms with Gasteiger partial charge in [-0.25, -0.2) is 0 Å². The molecule has 1 rings (SSSR count). The van der Waals surface area contributed by atoms with Crippen LogP contribution in [0.4, 0.5) is 0 Å². The summed E-state index contributed by atoms with van der Waals surface area (Å²) in [4.78, 5) is 2.43. The van der Waals surface area contributed by atoms with Crippen molar-refractivity contribution in [3.8, 4) is 0 Å². The number of hydrogen-bond acceptors (Lipinski definition) is 3. The average Bonchev–Trinajstić information content (AvgIpc) is 2.55. The van der Waals surface area contributed by atoms with Crippen molar-refractivity contribution < 1.29 is 4.74 Å². The van der Waals surface area contributed by atoms with Crippen LogP contribution < -0.4 is 5.32 Å². The maximum atomic E-state index is 5.36. The van der Waals surface area contributed by atoms with Gasteiger partial charge < -0.3 is 15.0 Å². The van der Waals surface area contributed by atoms with Crippen LogP contribution in [0.25, 0.3) is 0 Å². The maximum Gasteiger partial charge on any atom is 0.0622 e. The van der Waals surface area contributed by atoms with Gasteiger partial charge in [-0.2, -0.15) is 0 Å². The van der Waals surface area contributed by atoms with Crippen LogP contribution in [0, 0.1) is 5.92 Å². The molecule has 2 unspecified atom stereocenters. The molecule has 0 saturated carbocycles. The summed E-state index contributed by atoms with van der Waals surface area (Å²) in [5.41, 5.74) is 0. The van der Waals surface area contributed by atoms with E-state index in [-0.39, 0.29) is 0 Å². The fourth-order valence-corrected chi connectivity index (χ4v) is 1.92. The lowest BCUT2D eigenvalue weighted by atomic mass is 10.1. The summed E-state index contributed by atoms with van der Waals surface area (Å²) < 4.78 is 5.36. The van der Waals surface area contributed by atoms with E-state index in [0.717, 1.165) is 32.2 Å². The first-order valence-electron chi connectivity index (χ1n) is 5.16. The summed E-state index contributed by atoms with van der Waals surface area (Å²) >= 11 is 0. The molecular weight excluding hydrogens is 164 g/mol. The van der Waals surface area contributed by atoms with Crippen LogP contribution in [-0.2, 0) is 4.74 Å². The Kier molecular flexibility index (Phi) is 4.70.